The van der Waals surface area contributed by atoms with Crippen LogP contribution in [0, 0.1) is 0 Å². The van der Waals surface area contributed by atoms with Crippen LogP contribution in [-0.2, 0) is 18.9 Å². The minimum absolute atomic E-state index is 0.0533. The Morgan fingerprint density at radius 3 is 1.76 bits per heavy atom. The molecule has 0 aromatic heterocycles. The van der Waals surface area contributed by atoms with Crippen molar-refractivity contribution in [3.8, 4) is 11.5 Å². The normalized spacial score (nSPS) is 9.95. The van der Waals surface area contributed by atoms with Gasteiger partial charge >= 0.3 is 24.4 Å². The highest BCUT2D eigenvalue weighted by atomic mass is 16.6. The molecule has 0 heterocycles. The molecular formula is C24H30N4O10. The smallest absolute Gasteiger partial charge is 0.414 e. The Morgan fingerprint density at radius 1 is 0.737 bits per heavy atom. The van der Waals surface area contributed by atoms with Crippen LogP contribution in [-0.4, -0.2) is 83.2 Å². The number of amides is 4. The Kier molecular flexibility index (Phi) is 12.3. The van der Waals surface area contributed by atoms with Crippen molar-refractivity contribution in [1.29, 1.82) is 0 Å². The molecule has 0 saturated carbocycles. The molecule has 2 aromatic rings. The van der Waals surface area contributed by atoms with Gasteiger partial charge in [0.1, 0.15) is 37.9 Å². The number of nitrogens with zero attached hydrogens (tertiary/aromatic N) is 1. The predicted octanol–water partition coefficient (Wildman–Crippen LogP) is 2.67. The lowest BCUT2D eigenvalue weighted by Crippen LogP contribution is -2.36. The summed E-state index contributed by atoms with van der Waals surface area (Å²) < 4.78 is 24.7. The number of methoxy groups -OCH3 is 1. The fraction of sp³-hybridized carbons (Fsp3) is 0.333. The molecule has 0 bridgehead atoms. The van der Waals surface area contributed by atoms with Gasteiger partial charge in [-0.05, 0) is 48.5 Å². The van der Waals surface area contributed by atoms with Crippen LogP contribution in [0.3, 0.4) is 0 Å². The third-order valence-corrected chi connectivity index (χ3v) is 4.60. The molecule has 2 aromatic carbocycles. The molecule has 14 nitrogen and oxygen atoms in total. The zero-order valence-corrected chi connectivity index (χ0v) is 20.9. The molecule has 0 fully saturated rings. The number of anilines is 2. The molecule has 0 saturated heterocycles. The molecule has 4 N–H and O–H groups in total. The number of phenols is 1. The minimum Gasteiger partial charge on any atom is -0.508 e. The topological polar surface area (TPSA) is 174 Å². The second-order valence-corrected chi connectivity index (χ2v) is 7.30. The summed E-state index contributed by atoms with van der Waals surface area (Å²) in [7, 11) is 3.08. The van der Waals surface area contributed by atoms with Crippen LogP contribution >= 0.6 is 0 Å². The number of aromatic hydroxyl groups is 1. The molecule has 0 unspecified atom stereocenters. The summed E-state index contributed by atoms with van der Waals surface area (Å²) in [5, 5.41) is 16.4. The van der Waals surface area contributed by atoms with E-state index in [2.05, 4.69) is 16.0 Å². The largest absolute Gasteiger partial charge is 0.508 e. The number of rotatable bonds is 12. The van der Waals surface area contributed by atoms with E-state index in [1.54, 1.807) is 38.4 Å². The highest BCUT2D eigenvalue weighted by Crippen LogP contribution is 2.18. The second-order valence-electron chi connectivity index (χ2n) is 7.30. The average molecular weight is 535 g/mol. The summed E-state index contributed by atoms with van der Waals surface area (Å²) in [6, 6.07) is 12.6. The molecule has 0 aliphatic carbocycles. The van der Waals surface area contributed by atoms with Crippen molar-refractivity contribution in [1.82, 2.24) is 10.6 Å². The van der Waals surface area contributed by atoms with Crippen LogP contribution in [0.15, 0.2) is 48.5 Å². The lowest BCUT2D eigenvalue weighted by molar-refractivity contribution is 0.0985. The van der Waals surface area contributed by atoms with Crippen LogP contribution in [0.5, 0.6) is 11.5 Å². The summed E-state index contributed by atoms with van der Waals surface area (Å²) >= 11 is 0. The molecule has 0 aliphatic rings. The Morgan fingerprint density at radius 2 is 1.24 bits per heavy atom. The van der Waals surface area contributed by atoms with Crippen molar-refractivity contribution in [2.75, 3.05) is 63.9 Å². The quantitative estimate of drug-likeness (QED) is 0.180. The summed E-state index contributed by atoms with van der Waals surface area (Å²) in [6.07, 6.45) is -2.89. The van der Waals surface area contributed by atoms with Gasteiger partial charge in [0.05, 0.1) is 7.11 Å². The molecule has 0 atom stereocenters. The third-order valence-electron chi connectivity index (χ3n) is 4.60. The van der Waals surface area contributed by atoms with Gasteiger partial charge in [-0.25, -0.2) is 19.2 Å². The zero-order chi connectivity index (χ0) is 27.8. The first-order valence-corrected chi connectivity index (χ1v) is 11.4. The van der Waals surface area contributed by atoms with Crippen molar-refractivity contribution in [2.45, 2.75) is 0 Å². The van der Waals surface area contributed by atoms with Gasteiger partial charge < -0.3 is 39.4 Å². The Hall–Kier alpha value is -4.88. The maximum absolute atomic E-state index is 12.1. The third kappa shape index (κ3) is 11.2. The Bertz CT molecular complexity index is 1050. The first-order valence-electron chi connectivity index (χ1n) is 11.4. The van der Waals surface area contributed by atoms with Gasteiger partial charge in [0, 0.05) is 31.5 Å². The monoisotopic (exact) mass is 534 g/mol. The van der Waals surface area contributed by atoms with E-state index >= 15 is 0 Å². The number of hydrogen-bond acceptors (Lipinski definition) is 10. The van der Waals surface area contributed by atoms with Crippen molar-refractivity contribution in [3.63, 3.8) is 0 Å². The minimum atomic E-state index is -0.768. The van der Waals surface area contributed by atoms with Crippen molar-refractivity contribution in [3.05, 3.63) is 48.5 Å². The number of carbonyl (C=O) groups excluding carboxylic acids is 4. The first kappa shape index (κ1) is 29.4. The molecule has 0 spiro atoms. The molecule has 206 valence electrons. The lowest BCUT2D eigenvalue weighted by Gasteiger charge is -2.17. The Balaban J connectivity index is 1.46. The number of benzene rings is 2. The van der Waals surface area contributed by atoms with Crippen molar-refractivity contribution >= 4 is 35.7 Å². The maximum Gasteiger partial charge on any atom is 0.414 e. The van der Waals surface area contributed by atoms with Gasteiger partial charge in [-0.15, -0.1) is 0 Å². The van der Waals surface area contributed by atoms with Crippen LogP contribution in [0.4, 0.5) is 30.6 Å². The zero-order valence-electron chi connectivity index (χ0n) is 20.9. The predicted molar refractivity (Wildman–Crippen MR) is 135 cm³/mol. The number of carbonyl (C=O) groups is 4. The van der Waals surface area contributed by atoms with Gasteiger partial charge in [-0.2, -0.15) is 0 Å². The van der Waals surface area contributed by atoms with E-state index in [1.807, 2.05) is 0 Å². The van der Waals surface area contributed by atoms with Crippen LogP contribution < -0.4 is 25.6 Å². The summed E-state index contributed by atoms with van der Waals surface area (Å²) in [5.41, 5.74) is 1.03. The molecule has 38 heavy (non-hydrogen) atoms. The summed E-state index contributed by atoms with van der Waals surface area (Å²) in [5.74, 6) is 0.713. The van der Waals surface area contributed by atoms with Gasteiger partial charge in [0.25, 0.3) is 0 Å². The average Bonchev–Trinajstić information content (AvgIpc) is 2.92. The van der Waals surface area contributed by atoms with Gasteiger partial charge in [-0.1, -0.05) is 0 Å². The molecule has 0 radical (unpaired) electrons. The number of hydrogen-bond donors (Lipinski definition) is 4. The maximum atomic E-state index is 12.1. The van der Waals surface area contributed by atoms with E-state index in [4.69, 9.17) is 23.7 Å². The van der Waals surface area contributed by atoms with E-state index in [-0.39, 0.29) is 45.3 Å². The van der Waals surface area contributed by atoms with Gasteiger partial charge in [0.15, 0.2) is 0 Å². The summed E-state index contributed by atoms with van der Waals surface area (Å²) in [6.45, 7) is -0.563. The van der Waals surface area contributed by atoms with Gasteiger partial charge in [-0.3, -0.25) is 10.2 Å². The standard InChI is InChI=1S/C24H30N4O10/c1-28(18-5-9-20(34-2)10-6-18)24(33)38-16-15-36-22(31)26-12-11-25-21(30)35-13-14-37-23(32)27-17-3-7-19(29)8-4-17/h3-10,29H,11-16H2,1-2H3,(H,25,30)(H,26,31)(H,27,32). The first-order chi connectivity index (χ1) is 18.3. The van der Waals surface area contributed by atoms with Crippen LogP contribution in [0.1, 0.15) is 0 Å². The molecule has 2 rings (SSSR count). The lowest BCUT2D eigenvalue weighted by atomic mass is 10.3. The highest BCUT2D eigenvalue weighted by Gasteiger charge is 2.13. The van der Waals surface area contributed by atoms with E-state index in [0.717, 1.165) is 0 Å². The highest BCUT2D eigenvalue weighted by molar-refractivity contribution is 5.87. The second kappa shape index (κ2) is 16.0. The summed E-state index contributed by atoms with van der Waals surface area (Å²) in [4.78, 5) is 48.2. The SMILES string of the molecule is COc1ccc(N(C)C(=O)OCCOC(=O)NCCNC(=O)OCCOC(=O)Nc2ccc(O)cc2)cc1. The number of alkyl carbamates (subject to hydrolysis) is 2. The van der Waals surface area contributed by atoms with Crippen molar-refractivity contribution in [2.24, 2.45) is 0 Å². The van der Waals surface area contributed by atoms with E-state index in [0.29, 0.717) is 17.1 Å². The van der Waals surface area contributed by atoms with Gasteiger partial charge in [0.2, 0.25) is 0 Å². The van der Waals surface area contributed by atoms with E-state index in [1.165, 1.54) is 29.2 Å². The van der Waals surface area contributed by atoms with E-state index in [9.17, 15) is 24.3 Å². The fourth-order valence-corrected chi connectivity index (χ4v) is 2.67. The fourth-order valence-electron chi connectivity index (χ4n) is 2.67. The Labute approximate surface area is 218 Å². The molecule has 4 amide bonds. The van der Waals surface area contributed by atoms with Crippen LogP contribution in [0.25, 0.3) is 0 Å². The molecule has 14 heteroatoms. The molecule has 0 aliphatic heterocycles. The van der Waals surface area contributed by atoms with Crippen molar-refractivity contribution < 1.29 is 48.0 Å². The number of nitrogens with one attached hydrogen (secondary N) is 3. The number of phenolic OH excluding ortho intramolecular Hbond substituents is 1. The number of ether oxygens (including phenoxy) is 5. The molecular weight excluding hydrogens is 504 g/mol. The van der Waals surface area contributed by atoms with E-state index < -0.39 is 24.4 Å². The van der Waals surface area contributed by atoms with Crippen LogP contribution in [0.2, 0.25) is 0 Å².